The largest absolute Gasteiger partial charge is 0.390 e. The average molecular weight is 199 g/mol. The molecule has 1 rings (SSSR count). The first kappa shape index (κ1) is 11.7. The Labute approximate surface area is 86.4 Å². The highest BCUT2D eigenvalue weighted by Gasteiger charge is 2.25. The first-order valence-electron chi connectivity index (χ1n) is 5.28. The summed E-state index contributed by atoms with van der Waals surface area (Å²) in [6, 6.07) is 0. The minimum atomic E-state index is -0.398. The number of ether oxygens (including phenoxy) is 1. The fourth-order valence-electron chi connectivity index (χ4n) is 1.62. The zero-order valence-electron chi connectivity index (χ0n) is 9.20. The van der Waals surface area contributed by atoms with Gasteiger partial charge in [-0.25, -0.2) is 0 Å². The zero-order valence-corrected chi connectivity index (χ0v) is 9.20. The molecule has 0 aromatic rings. The molecule has 2 atom stereocenters. The highest BCUT2D eigenvalue weighted by molar-refractivity contribution is 4.96. The van der Waals surface area contributed by atoms with E-state index < -0.39 is 6.10 Å². The molecule has 1 aliphatic rings. The van der Waals surface area contributed by atoms with Crippen LogP contribution in [0.15, 0.2) is 12.2 Å². The van der Waals surface area contributed by atoms with Crippen molar-refractivity contribution < 1.29 is 9.84 Å². The fraction of sp³-hybridized carbons (Fsp3) is 0.818. The smallest absolute Gasteiger partial charge is 0.0964 e. The molecule has 0 aromatic heterocycles. The number of morpholine rings is 1. The lowest BCUT2D eigenvalue weighted by Gasteiger charge is -2.33. The van der Waals surface area contributed by atoms with Gasteiger partial charge in [-0.2, -0.15) is 0 Å². The van der Waals surface area contributed by atoms with Crippen molar-refractivity contribution in [1.82, 2.24) is 4.90 Å². The second-order valence-corrected chi connectivity index (χ2v) is 4.05. The molecule has 1 heterocycles. The molecule has 82 valence electrons. The van der Waals surface area contributed by atoms with Gasteiger partial charge in [0.05, 0.1) is 18.8 Å². The van der Waals surface area contributed by atoms with E-state index in [0.717, 1.165) is 31.7 Å². The van der Waals surface area contributed by atoms with E-state index in [0.29, 0.717) is 6.42 Å². The summed E-state index contributed by atoms with van der Waals surface area (Å²) < 4.78 is 5.52. The summed E-state index contributed by atoms with van der Waals surface area (Å²) >= 11 is 0. The molecular formula is C11H21NO2. The molecule has 3 heteroatoms. The second-order valence-electron chi connectivity index (χ2n) is 4.05. The molecule has 0 aromatic carbocycles. The molecule has 14 heavy (non-hydrogen) atoms. The van der Waals surface area contributed by atoms with Crippen LogP contribution in [0.5, 0.6) is 0 Å². The lowest BCUT2D eigenvalue weighted by molar-refractivity contribution is -0.0823. The van der Waals surface area contributed by atoms with E-state index in [9.17, 15) is 5.11 Å². The third-order valence-corrected chi connectivity index (χ3v) is 2.72. The van der Waals surface area contributed by atoms with E-state index in [1.807, 2.05) is 0 Å². The summed E-state index contributed by atoms with van der Waals surface area (Å²) in [5.41, 5.74) is 1.09. The molecular weight excluding hydrogens is 178 g/mol. The van der Waals surface area contributed by atoms with Crippen LogP contribution < -0.4 is 0 Å². The van der Waals surface area contributed by atoms with Crippen molar-refractivity contribution in [1.29, 1.82) is 0 Å². The summed E-state index contributed by atoms with van der Waals surface area (Å²) in [6.07, 6.45) is 1.15. The molecule has 1 saturated heterocycles. The van der Waals surface area contributed by atoms with Crippen LogP contribution in [-0.4, -0.2) is 49.0 Å². The predicted molar refractivity (Wildman–Crippen MR) is 57.3 cm³/mol. The van der Waals surface area contributed by atoms with Crippen LogP contribution in [0.2, 0.25) is 0 Å². The second kappa shape index (κ2) is 5.49. The molecule has 0 radical (unpaired) electrons. The van der Waals surface area contributed by atoms with Crippen molar-refractivity contribution in [2.75, 3.05) is 26.7 Å². The Morgan fingerprint density at radius 1 is 1.71 bits per heavy atom. The van der Waals surface area contributed by atoms with Gasteiger partial charge in [-0.15, -0.1) is 0 Å². The number of nitrogens with zero attached hydrogens (tertiary/aromatic N) is 1. The molecule has 0 bridgehead atoms. The highest BCUT2D eigenvalue weighted by Crippen LogP contribution is 2.15. The van der Waals surface area contributed by atoms with Crippen LogP contribution in [0.1, 0.15) is 19.8 Å². The summed E-state index contributed by atoms with van der Waals surface area (Å²) in [7, 11) is 2.05. The van der Waals surface area contributed by atoms with E-state index in [1.165, 1.54) is 0 Å². The number of aliphatic hydroxyl groups excluding tert-OH is 1. The van der Waals surface area contributed by atoms with Crippen molar-refractivity contribution in [2.24, 2.45) is 0 Å². The maximum absolute atomic E-state index is 9.88. The van der Waals surface area contributed by atoms with Crippen LogP contribution in [0.4, 0.5) is 0 Å². The monoisotopic (exact) mass is 199 g/mol. The lowest BCUT2D eigenvalue weighted by atomic mass is 10.0. The first-order valence-corrected chi connectivity index (χ1v) is 5.28. The number of hydrogen-bond donors (Lipinski definition) is 1. The number of aliphatic hydroxyl groups is 1. The summed E-state index contributed by atoms with van der Waals surface area (Å²) in [5.74, 6) is 0. The topological polar surface area (TPSA) is 32.7 Å². The van der Waals surface area contributed by atoms with Gasteiger partial charge in [0.1, 0.15) is 0 Å². The molecule has 0 saturated carbocycles. The third-order valence-electron chi connectivity index (χ3n) is 2.72. The minimum absolute atomic E-state index is 0.0444. The van der Waals surface area contributed by atoms with Crippen LogP contribution in [0.25, 0.3) is 0 Å². The summed E-state index contributed by atoms with van der Waals surface area (Å²) in [5, 5.41) is 9.88. The number of rotatable bonds is 4. The van der Waals surface area contributed by atoms with E-state index in [2.05, 4.69) is 25.5 Å². The van der Waals surface area contributed by atoms with Crippen molar-refractivity contribution in [3.05, 3.63) is 12.2 Å². The normalized spacial score (nSPS) is 26.1. The Bertz CT molecular complexity index is 194. The highest BCUT2D eigenvalue weighted by atomic mass is 16.5. The van der Waals surface area contributed by atoms with Gasteiger partial charge in [0, 0.05) is 13.1 Å². The van der Waals surface area contributed by atoms with Crippen LogP contribution >= 0.6 is 0 Å². The zero-order chi connectivity index (χ0) is 10.6. The van der Waals surface area contributed by atoms with Gasteiger partial charge in [0.2, 0.25) is 0 Å². The van der Waals surface area contributed by atoms with E-state index in [4.69, 9.17) is 4.74 Å². The Balaban J connectivity index is 2.35. The molecule has 3 nitrogen and oxygen atoms in total. The Morgan fingerprint density at radius 2 is 2.43 bits per heavy atom. The van der Waals surface area contributed by atoms with E-state index in [-0.39, 0.29) is 6.10 Å². The van der Waals surface area contributed by atoms with Gasteiger partial charge in [-0.1, -0.05) is 19.1 Å². The fourth-order valence-corrected chi connectivity index (χ4v) is 1.62. The maximum Gasteiger partial charge on any atom is 0.0964 e. The molecule has 1 fully saturated rings. The van der Waals surface area contributed by atoms with Gasteiger partial charge in [0.15, 0.2) is 0 Å². The average Bonchev–Trinajstić information content (AvgIpc) is 2.17. The summed E-state index contributed by atoms with van der Waals surface area (Å²) in [4.78, 5) is 2.19. The lowest BCUT2D eigenvalue weighted by Crippen LogP contribution is -2.46. The van der Waals surface area contributed by atoms with Gasteiger partial charge < -0.3 is 14.7 Å². The van der Waals surface area contributed by atoms with Crippen molar-refractivity contribution >= 4 is 0 Å². The molecule has 1 aliphatic heterocycles. The SMILES string of the molecule is C=C(CC)CC(O)C1CN(C)CCO1. The Hall–Kier alpha value is -0.380. The predicted octanol–water partition coefficient (Wildman–Crippen LogP) is 1.03. The molecule has 2 unspecified atom stereocenters. The Morgan fingerprint density at radius 3 is 3.00 bits per heavy atom. The van der Waals surface area contributed by atoms with Gasteiger partial charge >= 0.3 is 0 Å². The Kier molecular flexibility index (Phi) is 4.58. The van der Waals surface area contributed by atoms with Crippen LogP contribution in [-0.2, 0) is 4.74 Å². The van der Waals surface area contributed by atoms with Crippen molar-refractivity contribution in [3.8, 4) is 0 Å². The molecule has 0 spiro atoms. The minimum Gasteiger partial charge on any atom is -0.390 e. The number of likely N-dealkylation sites (N-methyl/N-ethyl adjacent to an activating group) is 1. The maximum atomic E-state index is 9.88. The molecule has 0 aliphatic carbocycles. The van der Waals surface area contributed by atoms with Crippen LogP contribution in [0.3, 0.4) is 0 Å². The third kappa shape index (κ3) is 3.40. The quantitative estimate of drug-likeness (QED) is 0.687. The van der Waals surface area contributed by atoms with E-state index >= 15 is 0 Å². The van der Waals surface area contributed by atoms with Gasteiger partial charge in [-0.05, 0) is 19.9 Å². The van der Waals surface area contributed by atoms with Crippen LogP contribution in [0, 0.1) is 0 Å². The first-order chi connectivity index (χ1) is 6.63. The van der Waals surface area contributed by atoms with Gasteiger partial charge in [0.25, 0.3) is 0 Å². The van der Waals surface area contributed by atoms with Crippen molar-refractivity contribution in [3.63, 3.8) is 0 Å². The standard InChI is InChI=1S/C11H21NO2/c1-4-9(2)7-10(13)11-8-12(3)5-6-14-11/h10-11,13H,2,4-8H2,1,3H3. The van der Waals surface area contributed by atoms with Gasteiger partial charge in [-0.3, -0.25) is 0 Å². The molecule has 0 amide bonds. The van der Waals surface area contributed by atoms with Crippen molar-refractivity contribution in [2.45, 2.75) is 32.0 Å². The number of hydrogen-bond acceptors (Lipinski definition) is 3. The molecule has 1 N–H and O–H groups in total. The van der Waals surface area contributed by atoms with E-state index in [1.54, 1.807) is 0 Å². The summed E-state index contributed by atoms with van der Waals surface area (Å²) in [6.45, 7) is 8.45.